The average Bonchev–Trinajstić information content (AvgIpc) is 2.29. The summed E-state index contributed by atoms with van der Waals surface area (Å²) in [7, 11) is 2.19. The molecule has 90 valence electrons. The molecule has 0 aromatic heterocycles. The first kappa shape index (κ1) is 12.6. The summed E-state index contributed by atoms with van der Waals surface area (Å²) in [5.74, 6) is 0. The molecule has 0 spiro atoms. The molecule has 2 N–H and O–H groups in total. The van der Waals surface area contributed by atoms with Crippen molar-refractivity contribution in [2.45, 2.75) is 23.8 Å². The molecule has 1 saturated heterocycles. The summed E-state index contributed by atoms with van der Waals surface area (Å²) in [4.78, 5) is 0.257. The van der Waals surface area contributed by atoms with Crippen LogP contribution < -0.4 is 11.2 Å². The fourth-order valence-electron chi connectivity index (χ4n) is 1.94. The molecule has 2 rings (SSSR count). The maximum atomic E-state index is 12.3. The van der Waals surface area contributed by atoms with E-state index in [9.17, 15) is 8.42 Å². The zero-order valence-corrected chi connectivity index (χ0v) is 10.4. The summed E-state index contributed by atoms with van der Waals surface area (Å²) in [5.41, 5.74) is 6.22. The number of piperidine rings is 1. The molecule has 0 aliphatic carbocycles. The third kappa shape index (κ3) is 2.70. The molecule has 1 aromatic rings. The van der Waals surface area contributed by atoms with E-state index in [-0.39, 0.29) is 10.9 Å². The molecule has 4 nitrogen and oxygen atoms in total. The average molecular weight is 250 g/mol. The Kier molecular flexibility index (Phi) is 3.56. The quantitative estimate of drug-likeness (QED) is 0.726. The topological polar surface area (TPSA) is 63.4 Å². The number of rotatable bonds is 2. The zero-order valence-electron chi connectivity index (χ0n) is 9.54. The Labute approximate surface area is 103 Å². The summed E-state index contributed by atoms with van der Waals surface area (Å²) in [6, 6.07) is 6.50. The first-order valence-corrected chi connectivity index (χ1v) is 7.05. The highest BCUT2D eigenvalue weighted by Crippen LogP contribution is 2.19. The van der Waals surface area contributed by atoms with Gasteiger partial charge in [-0.15, -0.1) is 0 Å². The number of benzene rings is 1. The number of nitrogens with two attached hydrogens (primary N) is 1. The van der Waals surface area contributed by atoms with Crippen molar-refractivity contribution >= 4 is 23.3 Å². The van der Waals surface area contributed by atoms with Crippen LogP contribution in [0.1, 0.15) is 12.8 Å². The van der Waals surface area contributed by atoms with E-state index in [1.54, 1.807) is 18.2 Å². The minimum absolute atomic E-state index is 0.113. The van der Waals surface area contributed by atoms with Gasteiger partial charge in [0.25, 0.3) is 0 Å². The first-order chi connectivity index (χ1) is 8.00. The number of hydrogen-bond acceptors (Lipinski definition) is 3. The molecule has 2 radical (unpaired) electrons. The molecule has 0 bridgehead atoms. The van der Waals surface area contributed by atoms with Crippen molar-refractivity contribution in [1.29, 1.82) is 0 Å². The lowest BCUT2D eigenvalue weighted by Crippen LogP contribution is -2.42. The summed E-state index contributed by atoms with van der Waals surface area (Å²) in [6.45, 7) is 0.969. The van der Waals surface area contributed by atoms with Crippen molar-refractivity contribution in [3.8, 4) is 0 Å². The summed E-state index contributed by atoms with van der Waals surface area (Å²) < 4.78 is 26.0. The van der Waals surface area contributed by atoms with Gasteiger partial charge in [0, 0.05) is 19.1 Å². The molecular formula is C11H15BN2O2S. The second-order valence-corrected chi connectivity index (χ2v) is 6.25. The second-order valence-electron chi connectivity index (χ2n) is 4.31. The molecule has 17 heavy (non-hydrogen) atoms. The van der Waals surface area contributed by atoms with Gasteiger partial charge in [0.1, 0.15) is 7.85 Å². The van der Waals surface area contributed by atoms with Crippen LogP contribution in [0.4, 0.5) is 0 Å². The SMILES string of the molecule is [B]c1cccc(S(=O)(=O)N2CCC(N)CC2)c1. The van der Waals surface area contributed by atoms with Gasteiger partial charge in [-0.3, -0.25) is 0 Å². The highest BCUT2D eigenvalue weighted by molar-refractivity contribution is 7.89. The van der Waals surface area contributed by atoms with E-state index in [1.165, 1.54) is 10.4 Å². The molecule has 1 aliphatic rings. The van der Waals surface area contributed by atoms with E-state index < -0.39 is 10.0 Å². The van der Waals surface area contributed by atoms with Crippen LogP contribution in [0.5, 0.6) is 0 Å². The lowest BCUT2D eigenvalue weighted by atomic mass is 9.97. The molecule has 1 aromatic carbocycles. The highest BCUT2D eigenvalue weighted by atomic mass is 32.2. The number of nitrogens with zero attached hydrogens (tertiary/aromatic N) is 1. The van der Waals surface area contributed by atoms with Gasteiger partial charge < -0.3 is 5.73 Å². The lowest BCUT2D eigenvalue weighted by molar-refractivity contribution is 0.320. The van der Waals surface area contributed by atoms with E-state index in [4.69, 9.17) is 13.6 Å². The molecule has 1 aliphatic heterocycles. The Balaban J connectivity index is 2.25. The predicted octanol–water partition coefficient (Wildman–Crippen LogP) is -0.408. The third-order valence-corrected chi connectivity index (χ3v) is 4.89. The van der Waals surface area contributed by atoms with Crippen LogP contribution in [-0.2, 0) is 10.0 Å². The molecular weight excluding hydrogens is 235 g/mol. The van der Waals surface area contributed by atoms with Gasteiger partial charge >= 0.3 is 0 Å². The Morgan fingerprint density at radius 3 is 2.53 bits per heavy atom. The Hall–Kier alpha value is -0.845. The van der Waals surface area contributed by atoms with Gasteiger partial charge in [-0.25, -0.2) is 8.42 Å². The van der Waals surface area contributed by atoms with Crippen LogP contribution in [0.25, 0.3) is 0 Å². The summed E-state index contributed by atoms with van der Waals surface area (Å²) >= 11 is 0. The maximum Gasteiger partial charge on any atom is 0.243 e. The standard InChI is InChI=1S/C11H15BN2O2S/c12-9-2-1-3-11(8-9)17(15,16)14-6-4-10(13)5-7-14/h1-3,8,10H,4-7,13H2. The molecule has 1 heterocycles. The van der Waals surface area contributed by atoms with Crippen molar-refractivity contribution in [2.75, 3.05) is 13.1 Å². The van der Waals surface area contributed by atoms with Crippen molar-refractivity contribution in [1.82, 2.24) is 4.31 Å². The van der Waals surface area contributed by atoms with E-state index in [0.29, 0.717) is 31.4 Å². The van der Waals surface area contributed by atoms with E-state index in [0.717, 1.165) is 0 Å². The smallest absolute Gasteiger partial charge is 0.243 e. The maximum absolute atomic E-state index is 12.3. The van der Waals surface area contributed by atoms with Crippen LogP contribution in [0.3, 0.4) is 0 Å². The van der Waals surface area contributed by atoms with E-state index in [1.807, 2.05) is 0 Å². The van der Waals surface area contributed by atoms with Crippen molar-refractivity contribution in [3.63, 3.8) is 0 Å². The van der Waals surface area contributed by atoms with Gasteiger partial charge in [-0.05, 0) is 25.0 Å². The van der Waals surface area contributed by atoms with Crippen LogP contribution >= 0.6 is 0 Å². The molecule has 0 amide bonds. The lowest BCUT2D eigenvalue weighted by Gasteiger charge is -2.29. The van der Waals surface area contributed by atoms with Gasteiger partial charge in [-0.2, -0.15) is 4.31 Å². The van der Waals surface area contributed by atoms with Gasteiger partial charge in [-0.1, -0.05) is 17.6 Å². The summed E-state index contributed by atoms with van der Waals surface area (Å²) in [5, 5.41) is 0. The molecule has 1 fully saturated rings. The summed E-state index contributed by atoms with van der Waals surface area (Å²) in [6.07, 6.45) is 1.42. The van der Waals surface area contributed by atoms with Crippen LogP contribution in [-0.4, -0.2) is 39.7 Å². The number of sulfonamides is 1. The van der Waals surface area contributed by atoms with Crippen LogP contribution in [0.15, 0.2) is 29.2 Å². The Bertz CT molecular complexity index is 496. The second kappa shape index (κ2) is 4.80. The van der Waals surface area contributed by atoms with E-state index >= 15 is 0 Å². The number of hydrogen-bond donors (Lipinski definition) is 1. The van der Waals surface area contributed by atoms with Crippen LogP contribution in [0.2, 0.25) is 0 Å². The fourth-order valence-corrected chi connectivity index (χ4v) is 3.47. The molecule has 0 unspecified atom stereocenters. The minimum Gasteiger partial charge on any atom is -0.328 e. The monoisotopic (exact) mass is 250 g/mol. The molecule has 0 atom stereocenters. The predicted molar refractivity (Wildman–Crippen MR) is 67.8 cm³/mol. The van der Waals surface area contributed by atoms with Gasteiger partial charge in [0.05, 0.1) is 4.90 Å². The fraction of sp³-hybridized carbons (Fsp3) is 0.455. The minimum atomic E-state index is -3.41. The van der Waals surface area contributed by atoms with Crippen LogP contribution in [0, 0.1) is 0 Å². The van der Waals surface area contributed by atoms with Gasteiger partial charge in [0.2, 0.25) is 10.0 Å². The molecule has 0 saturated carbocycles. The highest BCUT2D eigenvalue weighted by Gasteiger charge is 2.27. The largest absolute Gasteiger partial charge is 0.328 e. The molecule has 6 heteroatoms. The normalized spacial score (nSPS) is 19.4. The van der Waals surface area contributed by atoms with Crippen molar-refractivity contribution in [3.05, 3.63) is 24.3 Å². The van der Waals surface area contributed by atoms with Gasteiger partial charge in [0.15, 0.2) is 0 Å². The first-order valence-electron chi connectivity index (χ1n) is 5.61. The van der Waals surface area contributed by atoms with E-state index in [2.05, 4.69) is 0 Å². The Morgan fingerprint density at radius 2 is 1.94 bits per heavy atom. The third-order valence-electron chi connectivity index (χ3n) is 2.99. The zero-order chi connectivity index (χ0) is 12.5. The van der Waals surface area contributed by atoms with Crippen molar-refractivity contribution in [2.24, 2.45) is 5.73 Å². The van der Waals surface area contributed by atoms with Crippen molar-refractivity contribution < 1.29 is 8.42 Å². The Morgan fingerprint density at radius 1 is 1.29 bits per heavy atom.